The number of benzene rings is 2. The molecule has 6 heteroatoms. The first-order valence-corrected chi connectivity index (χ1v) is 8.29. The van der Waals surface area contributed by atoms with Gasteiger partial charge in [0.2, 0.25) is 5.91 Å². The molecule has 0 saturated heterocycles. The van der Waals surface area contributed by atoms with Crippen molar-refractivity contribution in [1.29, 1.82) is 0 Å². The maximum absolute atomic E-state index is 12.3. The van der Waals surface area contributed by atoms with Gasteiger partial charge in [-0.2, -0.15) is 0 Å². The lowest BCUT2D eigenvalue weighted by atomic mass is 10.1. The number of amides is 1. The summed E-state index contributed by atoms with van der Waals surface area (Å²) < 4.78 is 0. The predicted octanol–water partition coefficient (Wildman–Crippen LogP) is 5.32. The summed E-state index contributed by atoms with van der Waals surface area (Å²) >= 11 is 18.2. The summed E-state index contributed by atoms with van der Waals surface area (Å²) in [4.78, 5) is 12.3. The normalized spacial score (nSPS) is 13.4. The fourth-order valence-corrected chi connectivity index (χ4v) is 2.86. The first-order valence-electron chi connectivity index (χ1n) is 7.15. The molecule has 0 heterocycles. The number of anilines is 1. The van der Waals surface area contributed by atoms with E-state index in [0.29, 0.717) is 20.8 Å². The molecule has 2 atom stereocenters. The van der Waals surface area contributed by atoms with Crippen molar-refractivity contribution in [2.75, 3.05) is 5.32 Å². The molecule has 0 aliphatic rings. The molecule has 0 radical (unpaired) electrons. The van der Waals surface area contributed by atoms with E-state index in [9.17, 15) is 4.79 Å². The molecule has 0 saturated carbocycles. The van der Waals surface area contributed by atoms with Crippen LogP contribution >= 0.6 is 34.8 Å². The van der Waals surface area contributed by atoms with Crippen molar-refractivity contribution in [2.45, 2.75) is 25.9 Å². The zero-order valence-electron chi connectivity index (χ0n) is 12.7. The van der Waals surface area contributed by atoms with Crippen LogP contribution in [0.15, 0.2) is 42.5 Å². The molecule has 0 fully saturated rings. The SMILES string of the molecule is CC(NC(C)c1ccccc1Cl)C(=O)Nc1cccc(Cl)c1Cl. The summed E-state index contributed by atoms with van der Waals surface area (Å²) in [5.74, 6) is -0.201. The number of nitrogens with one attached hydrogen (secondary N) is 2. The minimum atomic E-state index is -0.434. The third kappa shape index (κ3) is 4.61. The molecular weight excluding hydrogens is 355 g/mol. The average molecular weight is 372 g/mol. The number of hydrogen-bond acceptors (Lipinski definition) is 2. The van der Waals surface area contributed by atoms with Crippen LogP contribution in [-0.2, 0) is 4.79 Å². The number of halogens is 3. The van der Waals surface area contributed by atoms with Crippen molar-refractivity contribution in [2.24, 2.45) is 0 Å². The van der Waals surface area contributed by atoms with Gasteiger partial charge in [0.25, 0.3) is 0 Å². The maximum atomic E-state index is 12.3. The van der Waals surface area contributed by atoms with Crippen LogP contribution in [0, 0.1) is 0 Å². The van der Waals surface area contributed by atoms with Crippen molar-refractivity contribution >= 4 is 46.4 Å². The molecule has 0 aliphatic carbocycles. The Morgan fingerprint density at radius 3 is 2.30 bits per heavy atom. The Labute approximate surface area is 150 Å². The summed E-state index contributed by atoms with van der Waals surface area (Å²) in [6.45, 7) is 3.73. The Morgan fingerprint density at radius 1 is 0.957 bits per heavy atom. The van der Waals surface area contributed by atoms with E-state index in [4.69, 9.17) is 34.8 Å². The van der Waals surface area contributed by atoms with Gasteiger partial charge in [0.1, 0.15) is 0 Å². The lowest BCUT2D eigenvalue weighted by molar-refractivity contribution is -0.117. The molecular formula is C17H17Cl3N2O. The van der Waals surface area contributed by atoms with Crippen LogP contribution in [0.25, 0.3) is 0 Å². The van der Waals surface area contributed by atoms with Crippen molar-refractivity contribution in [3.8, 4) is 0 Å². The summed E-state index contributed by atoms with van der Waals surface area (Å²) in [5.41, 5.74) is 1.43. The molecule has 23 heavy (non-hydrogen) atoms. The van der Waals surface area contributed by atoms with Crippen LogP contribution in [-0.4, -0.2) is 11.9 Å². The average Bonchev–Trinajstić information content (AvgIpc) is 2.52. The third-order valence-electron chi connectivity index (χ3n) is 3.47. The molecule has 122 valence electrons. The summed E-state index contributed by atoms with van der Waals surface area (Å²) in [7, 11) is 0. The minimum absolute atomic E-state index is 0.0701. The van der Waals surface area contributed by atoms with Gasteiger partial charge in [0, 0.05) is 11.1 Å². The van der Waals surface area contributed by atoms with E-state index in [1.807, 2.05) is 31.2 Å². The molecule has 0 aliphatic heterocycles. The van der Waals surface area contributed by atoms with E-state index in [-0.39, 0.29) is 11.9 Å². The van der Waals surface area contributed by atoms with E-state index in [1.165, 1.54) is 0 Å². The Kier molecular flexibility index (Phi) is 6.31. The molecule has 2 N–H and O–H groups in total. The van der Waals surface area contributed by atoms with Crippen LogP contribution < -0.4 is 10.6 Å². The second kappa shape index (κ2) is 8.02. The van der Waals surface area contributed by atoms with E-state index < -0.39 is 6.04 Å². The van der Waals surface area contributed by atoms with Crippen molar-refractivity contribution in [1.82, 2.24) is 5.32 Å². The molecule has 1 amide bonds. The highest BCUT2D eigenvalue weighted by molar-refractivity contribution is 6.44. The molecule has 2 rings (SSSR count). The second-order valence-electron chi connectivity index (χ2n) is 5.22. The van der Waals surface area contributed by atoms with Gasteiger partial charge in [0.05, 0.1) is 21.8 Å². The highest BCUT2D eigenvalue weighted by atomic mass is 35.5. The standard InChI is InChI=1S/C17H17Cl3N2O/c1-10(12-6-3-4-7-13(12)18)21-11(2)17(23)22-15-9-5-8-14(19)16(15)20/h3-11,21H,1-2H3,(H,22,23). The zero-order valence-corrected chi connectivity index (χ0v) is 15.0. The van der Waals surface area contributed by atoms with Crippen LogP contribution in [0.3, 0.4) is 0 Å². The maximum Gasteiger partial charge on any atom is 0.241 e. The van der Waals surface area contributed by atoms with E-state index >= 15 is 0 Å². The third-order valence-corrected chi connectivity index (χ3v) is 4.64. The van der Waals surface area contributed by atoms with E-state index in [1.54, 1.807) is 25.1 Å². The van der Waals surface area contributed by atoms with Gasteiger partial charge in [-0.1, -0.05) is 59.1 Å². The number of rotatable bonds is 5. The van der Waals surface area contributed by atoms with Gasteiger partial charge in [0.15, 0.2) is 0 Å². The van der Waals surface area contributed by atoms with Gasteiger partial charge in [-0.15, -0.1) is 0 Å². The quantitative estimate of drug-likeness (QED) is 0.746. The summed E-state index contributed by atoms with van der Waals surface area (Å²) in [6, 6.07) is 12.1. The molecule has 2 aromatic carbocycles. The van der Waals surface area contributed by atoms with Crippen LogP contribution in [0.1, 0.15) is 25.5 Å². The molecule has 0 spiro atoms. The monoisotopic (exact) mass is 370 g/mol. The van der Waals surface area contributed by atoms with Gasteiger partial charge in [-0.25, -0.2) is 0 Å². The molecule has 0 bridgehead atoms. The Balaban J connectivity index is 2.03. The second-order valence-corrected chi connectivity index (χ2v) is 6.41. The van der Waals surface area contributed by atoms with Gasteiger partial charge >= 0.3 is 0 Å². The van der Waals surface area contributed by atoms with Crippen LogP contribution in [0.4, 0.5) is 5.69 Å². The van der Waals surface area contributed by atoms with Gasteiger partial charge < -0.3 is 5.32 Å². The minimum Gasteiger partial charge on any atom is -0.323 e. The lowest BCUT2D eigenvalue weighted by Gasteiger charge is -2.21. The fraction of sp³-hybridized carbons (Fsp3) is 0.235. The summed E-state index contributed by atoms with van der Waals surface area (Å²) in [5, 5.41) is 7.38. The predicted molar refractivity (Wildman–Crippen MR) is 97.6 cm³/mol. The lowest BCUT2D eigenvalue weighted by Crippen LogP contribution is -2.39. The van der Waals surface area contributed by atoms with Crippen LogP contribution in [0.5, 0.6) is 0 Å². The number of carbonyl (C=O) groups excluding carboxylic acids is 1. The fourth-order valence-electron chi connectivity index (χ4n) is 2.21. The largest absolute Gasteiger partial charge is 0.323 e. The number of carbonyl (C=O) groups is 1. The van der Waals surface area contributed by atoms with Gasteiger partial charge in [-0.3, -0.25) is 10.1 Å². The summed E-state index contributed by atoms with van der Waals surface area (Å²) in [6.07, 6.45) is 0. The molecule has 2 aromatic rings. The Hall–Kier alpha value is -1.26. The van der Waals surface area contributed by atoms with Crippen molar-refractivity contribution < 1.29 is 4.79 Å². The molecule has 0 aromatic heterocycles. The highest BCUT2D eigenvalue weighted by Gasteiger charge is 2.18. The van der Waals surface area contributed by atoms with Crippen LogP contribution in [0.2, 0.25) is 15.1 Å². The zero-order chi connectivity index (χ0) is 17.0. The first kappa shape index (κ1) is 18.1. The van der Waals surface area contributed by atoms with E-state index in [0.717, 1.165) is 5.56 Å². The molecule has 3 nitrogen and oxygen atoms in total. The van der Waals surface area contributed by atoms with Crippen molar-refractivity contribution in [3.63, 3.8) is 0 Å². The first-order chi connectivity index (χ1) is 10.9. The van der Waals surface area contributed by atoms with Gasteiger partial charge in [-0.05, 0) is 37.6 Å². The highest BCUT2D eigenvalue weighted by Crippen LogP contribution is 2.29. The molecule has 2 unspecified atom stereocenters. The van der Waals surface area contributed by atoms with Crippen molar-refractivity contribution in [3.05, 3.63) is 63.1 Å². The topological polar surface area (TPSA) is 41.1 Å². The van der Waals surface area contributed by atoms with E-state index in [2.05, 4.69) is 10.6 Å². The Morgan fingerprint density at radius 2 is 1.61 bits per heavy atom. The number of hydrogen-bond donors (Lipinski definition) is 2. The smallest absolute Gasteiger partial charge is 0.241 e. The Bertz CT molecular complexity index is 706.